The lowest BCUT2D eigenvalue weighted by Gasteiger charge is -2.35. The number of carbonyl (C=O) groups excluding carboxylic acids is 1. The highest BCUT2D eigenvalue weighted by Gasteiger charge is 2.39. The second-order valence-corrected chi connectivity index (χ2v) is 7.99. The molecule has 1 saturated heterocycles. The number of hydrogen-bond acceptors (Lipinski definition) is 4. The maximum Gasteiger partial charge on any atom is 0.416 e. The van der Waals surface area contributed by atoms with Crippen LogP contribution in [0.2, 0.25) is 0 Å². The smallest absolute Gasteiger partial charge is 0.416 e. The standard InChI is InChI=1S/C19H29N3O2/c1-19(2,3)24-18(23)22(14-10-11-14)17-15(8-7-12-20-17)16-9-5-6-13-21(16)4/h7-8,12,14,16H,5-6,9-11,13H2,1-4H3. The first-order chi connectivity index (χ1) is 11.4. The molecule has 3 rings (SSSR count). The number of hydrogen-bond donors (Lipinski definition) is 0. The Hall–Kier alpha value is -1.62. The van der Waals surface area contributed by atoms with Crippen molar-refractivity contribution in [1.82, 2.24) is 9.88 Å². The van der Waals surface area contributed by atoms with E-state index in [-0.39, 0.29) is 12.1 Å². The van der Waals surface area contributed by atoms with Gasteiger partial charge in [-0.15, -0.1) is 0 Å². The third kappa shape index (κ3) is 3.89. The fourth-order valence-corrected chi connectivity index (χ4v) is 3.39. The molecule has 1 atom stereocenters. The van der Waals surface area contributed by atoms with Crippen molar-refractivity contribution in [1.29, 1.82) is 0 Å². The minimum absolute atomic E-state index is 0.224. The number of nitrogens with zero attached hydrogens (tertiary/aromatic N) is 3. The van der Waals surface area contributed by atoms with Gasteiger partial charge < -0.3 is 4.74 Å². The average Bonchev–Trinajstić information content (AvgIpc) is 3.32. The molecular weight excluding hydrogens is 302 g/mol. The van der Waals surface area contributed by atoms with Crippen LogP contribution in [0, 0.1) is 0 Å². The Morgan fingerprint density at radius 1 is 1.29 bits per heavy atom. The Labute approximate surface area is 145 Å². The summed E-state index contributed by atoms with van der Waals surface area (Å²) in [7, 11) is 2.16. The van der Waals surface area contributed by atoms with Crippen molar-refractivity contribution >= 4 is 11.9 Å². The third-order valence-electron chi connectivity index (χ3n) is 4.68. The van der Waals surface area contributed by atoms with Gasteiger partial charge >= 0.3 is 6.09 Å². The molecule has 24 heavy (non-hydrogen) atoms. The molecule has 0 bridgehead atoms. The van der Waals surface area contributed by atoms with E-state index in [1.807, 2.05) is 26.8 Å². The minimum atomic E-state index is -0.499. The average molecular weight is 331 g/mol. The Morgan fingerprint density at radius 2 is 2.04 bits per heavy atom. The normalized spacial score (nSPS) is 22.2. The number of aromatic nitrogens is 1. The first kappa shape index (κ1) is 17.2. The molecule has 1 unspecified atom stereocenters. The van der Waals surface area contributed by atoms with Crippen molar-refractivity contribution < 1.29 is 9.53 Å². The van der Waals surface area contributed by atoms with Crippen LogP contribution in [0.3, 0.4) is 0 Å². The second kappa shape index (κ2) is 6.71. The number of rotatable bonds is 3. The van der Waals surface area contributed by atoms with Crippen LogP contribution in [0.15, 0.2) is 18.3 Å². The Balaban J connectivity index is 1.92. The summed E-state index contributed by atoms with van der Waals surface area (Å²) in [4.78, 5) is 21.6. The monoisotopic (exact) mass is 331 g/mol. The molecule has 1 aromatic heterocycles. The molecule has 132 valence electrons. The van der Waals surface area contributed by atoms with E-state index in [1.54, 1.807) is 11.1 Å². The van der Waals surface area contributed by atoms with E-state index in [9.17, 15) is 4.79 Å². The molecule has 1 aliphatic carbocycles. The van der Waals surface area contributed by atoms with Gasteiger partial charge in [0.05, 0.1) is 0 Å². The molecule has 0 aromatic carbocycles. The molecular formula is C19H29N3O2. The van der Waals surface area contributed by atoms with Crippen molar-refractivity contribution in [3.8, 4) is 0 Å². The summed E-state index contributed by atoms with van der Waals surface area (Å²) < 4.78 is 5.66. The van der Waals surface area contributed by atoms with E-state index >= 15 is 0 Å². The summed E-state index contributed by atoms with van der Waals surface area (Å²) in [6.07, 6.45) is 7.12. The molecule has 1 saturated carbocycles. The van der Waals surface area contributed by atoms with Crippen LogP contribution in [0.5, 0.6) is 0 Å². The zero-order valence-corrected chi connectivity index (χ0v) is 15.3. The van der Waals surface area contributed by atoms with Crippen LogP contribution < -0.4 is 4.90 Å². The highest BCUT2D eigenvalue weighted by atomic mass is 16.6. The lowest BCUT2D eigenvalue weighted by molar-refractivity contribution is 0.0575. The third-order valence-corrected chi connectivity index (χ3v) is 4.68. The topological polar surface area (TPSA) is 45.7 Å². The second-order valence-electron chi connectivity index (χ2n) is 7.99. The van der Waals surface area contributed by atoms with Crippen LogP contribution >= 0.6 is 0 Å². The van der Waals surface area contributed by atoms with Gasteiger partial charge in [-0.3, -0.25) is 9.80 Å². The van der Waals surface area contributed by atoms with Gasteiger partial charge in [-0.1, -0.05) is 12.5 Å². The first-order valence-electron chi connectivity index (χ1n) is 9.04. The largest absolute Gasteiger partial charge is 0.443 e. The number of piperidine rings is 1. The van der Waals surface area contributed by atoms with E-state index in [0.717, 1.165) is 37.2 Å². The molecule has 0 radical (unpaired) electrons. The molecule has 2 fully saturated rings. The summed E-state index contributed by atoms with van der Waals surface area (Å²) in [6.45, 7) is 6.81. The summed E-state index contributed by atoms with van der Waals surface area (Å²) >= 11 is 0. The number of anilines is 1. The lowest BCUT2D eigenvalue weighted by atomic mass is 9.96. The van der Waals surface area contributed by atoms with E-state index < -0.39 is 5.60 Å². The summed E-state index contributed by atoms with van der Waals surface area (Å²) in [6, 6.07) is 4.64. The minimum Gasteiger partial charge on any atom is -0.443 e. The van der Waals surface area contributed by atoms with Crippen molar-refractivity contribution in [2.75, 3.05) is 18.5 Å². The predicted molar refractivity (Wildman–Crippen MR) is 95.2 cm³/mol. The van der Waals surface area contributed by atoms with Gasteiger partial charge in [0.25, 0.3) is 0 Å². The van der Waals surface area contributed by atoms with E-state index in [0.29, 0.717) is 6.04 Å². The number of ether oxygens (including phenoxy) is 1. The SMILES string of the molecule is CN1CCCCC1c1cccnc1N(C(=O)OC(C)(C)C)C1CC1. The Bertz CT molecular complexity index is 593. The molecule has 1 amide bonds. The van der Waals surface area contributed by atoms with Crippen LogP contribution in [-0.4, -0.2) is 41.2 Å². The molecule has 2 heterocycles. The van der Waals surface area contributed by atoms with Crippen LogP contribution in [-0.2, 0) is 4.74 Å². The van der Waals surface area contributed by atoms with Gasteiger partial charge in [0.2, 0.25) is 0 Å². The van der Waals surface area contributed by atoms with E-state index in [2.05, 4.69) is 23.0 Å². The molecule has 2 aliphatic rings. The Morgan fingerprint density at radius 3 is 2.67 bits per heavy atom. The fourth-order valence-electron chi connectivity index (χ4n) is 3.39. The number of pyridine rings is 1. The zero-order valence-electron chi connectivity index (χ0n) is 15.3. The van der Waals surface area contributed by atoms with Gasteiger partial charge in [0.15, 0.2) is 0 Å². The van der Waals surface area contributed by atoms with Crippen molar-refractivity contribution in [2.24, 2.45) is 0 Å². The maximum atomic E-state index is 12.8. The van der Waals surface area contributed by atoms with Crippen molar-refractivity contribution in [3.63, 3.8) is 0 Å². The Kier molecular flexibility index (Phi) is 4.81. The predicted octanol–water partition coefficient (Wildman–Crippen LogP) is 4.14. The highest BCUT2D eigenvalue weighted by Crippen LogP contribution is 2.39. The van der Waals surface area contributed by atoms with E-state index in [4.69, 9.17) is 4.74 Å². The van der Waals surface area contributed by atoms with E-state index in [1.165, 1.54) is 12.8 Å². The quantitative estimate of drug-likeness (QED) is 0.835. The van der Waals surface area contributed by atoms with Crippen LogP contribution in [0.4, 0.5) is 10.6 Å². The van der Waals surface area contributed by atoms with Crippen LogP contribution in [0.1, 0.15) is 64.5 Å². The van der Waals surface area contributed by atoms with Gasteiger partial charge in [-0.2, -0.15) is 0 Å². The summed E-state index contributed by atoms with van der Waals surface area (Å²) in [5, 5.41) is 0. The molecule has 1 aliphatic heterocycles. The van der Waals surface area contributed by atoms with Gasteiger partial charge in [0.1, 0.15) is 11.4 Å². The highest BCUT2D eigenvalue weighted by molar-refractivity contribution is 5.89. The molecule has 1 aromatic rings. The summed E-state index contributed by atoms with van der Waals surface area (Å²) in [5.41, 5.74) is 0.651. The summed E-state index contributed by atoms with van der Waals surface area (Å²) in [5.74, 6) is 0.785. The molecule has 5 nitrogen and oxygen atoms in total. The number of carbonyl (C=O) groups is 1. The van der Waals surface area contributed by atoms with Gasteiger partial charge in [0, 0.05) is 23.8 Å². The maximum absolute atomic E-state index is 12.8. The molecule has 0 spiro atoms. The zero-order chi connectivity index (χ0) is 17.3. The number of likely N-dealkylation sites (tertiary alicyclic amines) is 1. The lowest BCUT2D eigenvalue weighted by Crippen LogP contribution is -2.40. The number of amides is 1. The molecule has 5 heteroatoms. The van der Waals surface area contributed by atoms with Crippen molar-refractivity contribution in [3.05, 3.63) is 23.9 Å². The van der Waals surface area contributed by atoms with Crippen LogP contribution in [0.25, 0.3) is 0 Å². The van der Waals surface area contributed by atoms with Gasteiger partial charge in [-0.25, -0.2) is 9.78 Å². The van der Waals surface area contributed by atoms with Crippen molar-refractivity contribution in [2.45, 2.75) is 70.6 Å². The fraction of sp³-hybridized carbons (Fsp3) is 0.684. The van der Waals surface area contributed by atoms with Gasteiger partial charge in [-0.05, 0) is 66.1 Å². The first-order valence-corrected chi connectivity index (χ1v) is 9.04. The molecule has 0 N–H and O–H groups in total.